The second kappa shape index (κ2) is 11.2. The number of ether oxygens (including phenoxy) is 1. The van der Waals surface area contributed by atoms with Gasteiger partial charge in [0.15, 0.2) is 0 Å². The number of hydrogen-bond acceptors (Lipinski definition) is 4. The number of unbranched alkanes of at least 4 members (excludes halogenated alkanes) is 3. The van der Waals surface area contributed by atoms with Crippen LogP contribution in [0, 0.1) is 0 Å². The average molecular weight is 528 g/mol. The first-order chi connectivity index (χ1) is 14.1. The summed E-state index contributed by atoms with van der Waals surface area (Å²) in [4.78, 5) is 6.99. The zero-order valence-electron chi connectivity index (χ0n) is 18.4. The summed E-state index contributed by atoms with van der Waals surface area (Å²) in [5.41, 5.74) is 2.98. The molecule has 2 aromatic heterocycles. The van der Waals surface area contributed by atoms with Crippen molar-refractivity contribution in [1.29, 1.82) is 0 Å². The van der Waals surface area contributed by atoms with Gasteiger partial charge in [-0.2, -0.15) is 0 Å². The van der Waals surface area contributed by atoms with Gasteiger partial charge < -0.3 is 0 Å². The second-order valence-electron chi connectivity index (χ2n) is 8.48. The molecule has 29 heavy (non-hydrogen) atoms. The van der Waals surface area contributed by atoms with Crippen molar-refractivity contribution >= 4 is 50.5 Å². The molecular weight excluding hydrogens is 490 g/mol. The molecule has 1 aliphatic rings. The number of aromatic nitrogens is 1. The summed E-state index contributed by atoms with van der Waals surface area (Å²) >= 11 is 3.80. The Morgan fingerprint density at radius 3 is 2.10 bits per heavy atom. The van der Waals surface area contributed by atoms with Crippen LogP contribution in [0.4, 0.5) is 5.69 Å². The maximum absolute atomic E-state index is 6.75. The number of halogens is 1. The van der Waals surface area contributed by atoms with Gasteiger partial charge in [0.1, 0.15) is 0 Å². The Kier molecular flexibility index (Phi) is 9.00. The Morgan fingerprint density at radius 1 is 0.966 bits per heavy atom. The molecule has 2 aromatic rings. The van der Waals surface area contributed by atoms with Crippen LogP contribution in [0.15, 0.2) is 16.5 Å². The summed E-state index contributed by atoms with van der Waals surface area (Å²) in [7, 11) is 0. The quantitative estimate of drug-likeness (QED) is 0.251. The molecule has 3 rings (SSSR count). The third-order valence-corrected chi connectivity index (χ3v) is 21.4. The van der Waals surface area contributed by atoms with Crippen molar-refractivity contribution in [2.75, 3.05) is 31.2 Å². The van der Waals surface area contributed by atoms with Crippen molar-refractivity contribution in [1.82, 2.24) is 4.98 Å². The predicted octanol–water partition coefficient (Wildman–Crippen LogP) is 6.37. The molecule has 0 aliphatic carbocycles. The van der Waals surface area contributed by atoms with Crippen LogP contribution in [-0.4, -0.2) is 49.7 Å². The van der Waals surface area contributed by atoms with Crippen LogP contribution in [0.2, 0.25) is 18.5 Å². The molecule has 0 bridgehead atoms. The number of fused-ring (bicyclic) bond motifs is 1. The van der Waals surface area contributed by atoms with Gasteiger partial charge in [0.25, 0.3) is 0 Å². The van der Waals surface area contributed by atoms with Crippen LogP contribution in [0.1, 0.15) is 59.3 Å². The fourth-order valence-corrected chi connectivity index (χ4v) is 20.0. The first-order valence-corrected chi connectivity index (χ1v) is 19.4. The monoisotopic (exact) mass is 528 g/mol. The van der Waals surface area contributed by atoms with Gasteiger partial charge in [-0.3, -0.25) is 0 Å². The van der Waals surface area contributed by atoms with Crippen LogP contribution in [-0.2, 0) is 4.74 Å². The van der Waals surface area contributed by atoms with Gasteiger partial charge in [-0.1, -0.05) is 0 Å². The summed E-state index contributed by atoms with van der Waals surface area (Å²) in [6, 6.07) is 4.26. The molecule has 1 fully saturated rings. The molecule has 0 radical (unpaired) electrons. The van der Waals surface area contributed by atoms with E-state index in [2.05, 4.69) is 36.7 Å². The molecule has 0 saturated carbocycles. The van der Waals surface area contributed by atoms with E-state index in [0.717, 1.165) is 43.1 Å². The number of pyridine rings is 1. The number of rotatable bonds is 11. The van der Waals surface area contributed by atoms with Gasteiger partial charge in [-0.15, -0.1) is 0 Å². The first-order valence-electron chi connectivity index (χ1n) is 11.6. The van der Waals surface area contributed by atoms with Crippen LogP contribution in [0.25, 0.3) is 11.1 Å². The van der Waals surface area contributed by atoms with Crippen molar-refractivity contribution in [3.63, 3.8) is 0 Å². The Labute approximate surface area is 185 Å². The zero-order chi connectivity index (χ0) is 20.7. The van der Waals surface area contributed by atoms with Gasteiger partial charge in [0.05, 0.1) is 0 Å². The summed E-state index contributed by atoms with van der Waals surface area (Å²) in [6.45, 7) is 10.2. The van der Waals surface area contributed by atoms with Gasteiger partial charge in [0.2, 0.25) is 0 Å². The fraction of sp³-hybridized carbons (Fsp3) is 0.696. The number of morpholine rings is 1. The first kappa shape index (κ1) is 23.2. The molecule has 162 valence electrons. The van der Waals surface area contributed by atoms with E-state index in [4.69, 9.17) is 20.8 Å². The van der Waals surface area contributed by atoms with Gasteiger partial charge in [0, 0.05) is 0 Å². The van der Waals surface area contributed by atoms with E-state index in [1.807, 2.05) is 6.07 Å². The van der Waals surface area contributed by atoms with Crippen molar-refractivity contribution in [3.8, 4) is 0 Å². The molecule has 0 aromatic carbocycles. The van der Waals surface area contributed by atoms with Gasteiger partial charge in [-0.05, 0) is 0 Å². The van der Waals surface area contributed by atoms with Crippen molar-refractivity contribution < 1.29 is 9.15 Å². The Morgan fingerprint density at radius 2 is 1.55 bits per heavy atom. The van der Waals surface area contributed by atoms with E-state index in [0.29, 0.717) is 5.15 Å². The normalized spacial score (nSPS) is 15.4. The number of anilines is 1. The Bertz CT molecular complexity index is 752. The van der Waals surface area contributed by atoms with E-state index in [9.17, 15) is 0 Å². The molecule has 1 saturated heterocycles. The van der Waals surface area contributed by atoms with Gasteiger partial charge in [-0.25, -0.2) is 0 Å². The third-order valence-electron chi connectivity index (χ3n) is 6.33. The second-order valence-corrected chi connectivity index (χ2v) is 21.9. The molecule has 0 N–H and O–H groups in total. The molecule has 4 nitrogen and oxygen atoms in total. The summed E-state index contributed by atoms with van der Waals surface area (Å²) in [5, 5.41) is 0.558. The Hall–Kier alpha value is -0.461. The molecule has 0 spiro atoms. The minimum absolute atomic E-state index is 0.558. The van der Waals surface area contributed by atoms with Crippen LogP contribution in [0.5, 0.6) is 0 Å². The third kappa shape index (κ3) is 5.62. The number of nitrogens with zero attached hydrogens (tertiary/aromatic N) is 2. The van der Waals surface area contributed by atoms with E-state index in [1.54, 1.807) is 0 Å². The average Bonchev–Trinajstić information content (AvgIpc) is 3.18. The Balaban J connectivity index is 2.05. The van der Waals surface area contributed by atoms with E-state index in [-0.39, 0.29) is 0 Å². The topological polar surface area (TPSA) is 38.5 Å². The number of hydrogen-bond donors (Lipinski definition) is 0. The molecule has 3 heterocycles. The number of furan rings is 1. The molecule has 0 atom stereocenters. The SMILES string of the molecule is CCC[CH2][Sn]([CH2]CCC)([CH2]CCC)[c]1cc2nc(Cl)cc(N3CCOCC3)c2o1. The van der Waals surface area contributed by atoms with Crippen LogP contribution >= 0.6 is 11.6 Å². The zero-order valence-corrected chi connectivity index (χ0v) is 22.0. The summed E-state index contributed by atoms with van der Waals surface area (Å²) in [5.74, 6) is 0. The van der Waals surface area contributed by atoms with E-state index < -0.39 is 18.4 Å². The van der Waals surface area contributed by atoms with Gasteiger partial charge >= 0.3 is 186 Å². The molecule has 1 aliphatic heterocycles. The minimum atomic E-state index is -2.63. The van der Waals surface area contributed by atoms with Crippen LogP contribution < -0.4 is 8.68 Å². The standard InChI is InChI=1S/C11H10ClN2O2.3C4H9.Sn/c12-10-7-9(14-2-5-15-6-3-14)11-8(13-10)1-4-16-11;3*1-3-4-2;/h1,7H,2-3,5-6H2;3*1,3-4H2,2H3;. The summed E-state index contributed by atoms with van der Waals surface area (Å²) in [6.07, 6.45) is 7.77. The predicted molar refractivity (Wildman–Crippen MR) is 127 cm³/mol. The van der Waals surface area contributed by atoms with Crippen molar-refractivity contribution in [2.45, 2.75) is 72.6 Å². The van der Waals surface area contributed by atoms with E-state index >= 15 is 0 Å². The van der Waals surface area contributed by atoms with Crippen molar-refractivity contribution in [3.05, 3.63) is 17.3 Å². The molecule has 0 amide bonds. The summed E-state index contributed by atoms with van der Waals surface area (Å²) < 4.78 is 17.8. The molecule has 6 heteroatoms. The molecule has 0 unspecified atom stereocenters. The van der Waals surface area contributed by atoms with E-state index in [1.165, 1.54) is 55.6 Å². The molecular formula is C23H37ClN2O2Sn. The maximum atomic E-state index is 6.75. The van der Waals surface area contributed by atoms with Crippen LogP contribution in [0.3, 0.4) is 0 Å². The fourth-order valence-electron chi connectivity index (χ4n) is 4.56. The van der Waals surface area contributed by atoms with Crippen molar-refractivity contribution in [2.24, 2.45) is 0 Å².